The number of hydrogen-bond acceptors (Lipinski definition) is 10. The van der Waals surface area contributed by atoms with Crippen LogP contribution < -0.4 is 0 Å². The van der Waals surface area contributed by atoms with E-state index in [1.807, 2.05) is 41.5 Å². The molecule has 0 amide bonds. The Morgan fingerprint density at radius 2 is 1.16 bits per heavy atom. The minimum Gasteiger partial charge on any atom is -0.493 e. The zero-order valence-corrected chi connectivity index (χ0v) is 22.4. The molecule has 0 bridgehead atoms. The van der Waals surface area contributed by atoms with Crippen LogP contribution >= 0.6 is 11.8 Å². The minimum atomic E-state index is -3.23. The molecule has 1 rings (SSSR count). The Balaban J connectivity index is 3.33. The number of carbonyl (C=O) groups is 4. The number of esters is 3. The molecule has 0 unspecified atom stereocenters. The Morgan fingerprint density at radius 1 is 0.719 bits per heavy atom. The summed E-state index contributed by atoms with van der Waals surface area (Å²) < 4.78 is 28.5. The molecular weight excluding hydrogens is 456 g/mol. The van der Waals surface area contributed by atoms with Crippen LogP contribution in [0.1, 0.15) is 69.2 Å². The van der Waals surface area contributed by atoms with Gasteiger partial charge in [-0.25, -0.2) is 0 Å². The van der Waals surface area contributed by atoms with Crippen molar-refractivity contribution in [2.24, 2.45) is 0 Å². The Hall–Kier alpha value is -1.59. The van der Waals surface area contributed by atoms with Gasteiger partial charge in [0, 0.05) is 37.8 Å². The van der Waals surface area contributed by atoms with Crippen molar-refractivity contribution in [2.75, 3.05) is 6.61 Å². The van der Waals surface area contributed by atoms with Crippen molar-refractivity contribution < 1.29 is 42.2 Å². The molecule has 0 aromatic rings. The molecule has 0 aromatic carbocycles. The van der Waals surface area contributed by atoms with E-state index in [1.54, 1.807) is 0 Å². The summed E-state index contributed by atoms with van der Waals surface area (Å²) in [7, 11) is -3.23. The highest BCUT2D eigenvalue weighted by Crippen LogP contribution is 2.53. The molecule has 4 atom stereocenters. The molecule has 1 aliphatic heterocycles. The standard InChI is InChI=1S/C21H36O9SSi/c1-12(22)27-17-16(31-19(29-14(3)24)18(17)28-13(2)23)11-26-32(20(5,6)7,21(8,9)10)30-15(4)25/h16-19H,11H2,1-10H3/t16-,17-,18-,19-/m1/s1. The first-order valence-corrected chi connectivity index (χ1v) is 13.2. The number of carbonyl (C=O) groups excluding carboxylic acids is 4. The second kappa shape index (κ2) is 10.6. The molecule has 1 saturated heterocycles. The van der Waals surface area contributed by atoms with Gasteiger partial charge in [-0.1, -0.05) is 41.5 Å². The van der Waals surface area contributed by atoms with Gasteiger partial charge in [-0.15, -0.1) is 11.8 Å². The predicted molar refractivity (Wildman–Crippen MR) is 121 cm³/mol. The van der Waals surface area contributed by atoms with Crippen LogP contribution in [-0.2, 0) is 42.2 Å². The summed E-state index contributed by atoms with van der Waals surface area (Å²) in [6.45, 7) is 16.9. The molecule has 0 saturated carbocycles. The van der Waals surface area contributed by atoms with Gasteiger partial charge in [0.05, 0.1) is 11.9 Å². The maximum Gasteiger partial charge on any atom is 0.412 e. The van der Waals surface area contributed by atoms with Gasteiger partial charge in [-0.2, -0.15) is 0 Å². The molecule has 9 nitrogen and oxygen atoms in total. The topological polar surface area (TPSA) is 114 Å². The summed E-state index contributed by atoms with van der Waals surface area (Å²) in [5.74, 6) is -2.17. The normalized spacial score (nSPS) is 23.9. The zero-order chi connectivity index (χ0) is 25.1. The SMILES string of the molecule is CC(=O)O[C@@H]1[C@H](OC(C)=O)[C@@H](CO[Si](OC(C)=O)(C(C)(C)C)C(C)(C)C)S[C@H]1OC(C)=O. The summed E-state index contributed by atoms with van der Waals surface area (Å²) in [5.41, 5.74) is -0.872. The fraction of sp³-hybridized carbons (Fsp3) is 0.810. The Kier molecular flexibility index (Phi) is 9.38. The molecule has 0 N–H and O–H groups in total. The van der Waals surface area contributed by atoms with Crippen molar-refractivity contribution >= 4 is 44.2 Å². The van der Waals surface area contributed by atoms with Crippen molar-refractivity contribution in [3.05, 3.63) is 0 Å². The summed E-state index contributed by atoms with van der Waals surface area (Å²) in [4.78, 5) is 47.1. The van der Waals surface area contributed by atoms with Gasteiger partial charge in [-0.05, 0) is 0 Å². The first-order valence-electron chi connectivity index (χ1n) is 10.4. The quantitative estimate of drug-likeness (QED) is 0.297. The van der Waals surface area contributed by atoms with E-state index in [0.29, 0.717) is 0 Å². The average molecular weight is 493 g/mol. The van der Waals surface area contributed by atoms with Crippen molar-refractivity contribution in [1.82, 2.24) is 0 Å². The first-order chi connectivity index (χ1) is 14.4. The van der Waals surface area contributed by atoms with Gasteiger partial charge < -0.3 is 23.1 Å². The highest BCUT2D eigenvalue weighted by molar-refractivity contribution is 8.00. The van der Waals surface area contributed by atoms with E-state index in [4.69, 9.17) is 23.1 Å². The average Bonchev–Trinajstić information content (AvgIpc) is 2.84. The fourth-order valence-corrected chi connectivity index (χ4v) is 10.2. The van der Waals surface area contributed by atoms with Crippen LogP contribution in [0.15, 0.2) is 0 Å². The van der Waals surface area contributed by atoms with E-state index in [9.17, 15) is 19.2 Å². The molecule has 11 heteroatoms. The summed E-state index contributed by atoms with van der Waals surface area (Å²) >= 11 is 1.18. The van der Waals surface area contributed by atoms with Gasteiger partial charge in [0.15, 0.2) is 17.6 Å². The van der Waals surface area contributed by atoms with Gasteiger partial charge in [0.2, 0.25) is 0 Å². The van der Waals surface area contributed by atoms with E-state index >= 15 is 0 Å². The molecule has 0 radical (unpaired) electrons. The molecule has 1 fully saturated rings. The van der Waals surface area contributed by atoms with Crippen molar-refractivity contribution in [3.8, 4) is 0 Å². The van der Waals surface area contributed by atoms with Crippen LogP contribution in [0.2, 0.25) is 10.1 Å². The Labute approximate surface area is 195 Å². The van der Waals surface area contributed by atoms with Crippen molar-refractivity contribution in [3.63, 3.8) is 0 Å². The second-order valence-electron chi connectivity index (χ2n) is 9.82. The van der Waals surface area contributed by atoms with Crippen LogP contribution in [-0.4, -0.2) is 61.9 Å². The van der Waals surface area contributed by atoms with Crippen LogP contribution in [0.4, 0.5) is 0 Å². The number of rotatable bonds is 7. The van der Waals surface area contributed by atoms with Gasteiger partial charge >= 0.3 is 26.5 Å². The number of ether oxygens (including phenoxy) is 3. The lowest BCUT2D eigenvalue weighted by molar-refractivity contribution is -0.173. The first kappa shape index (κ1) is 28.4. The smallest absolute Gasteiger partial charge is 0.412 e. The second-order valence-corrected chi connectivity index (χ2v) is 15.9. The van der Waals surface area contributed by atoms with Crippen LogP contribution in [0.25, 0.3) is 0 Å². The Bertz CT molecular complexity index is 712. The third kappa shape index (κ3) is 6.95. The summed E-state index contributed by atoms with van der Waals surface area (Å²) in [6, 6.07) is 0. The predicted octanol–water partition coefficient (Wildman–Crippen LogP) is 3.48. The number of hydrogen-bond donors (Lipinski definition) is 0. The third-order valence-electron chi connectivity index (χ3n) is 4.87. The van der Waals surface area contributed by atoms with Gasteiger partial charge in [-0.3, -0.25) is 19.2 Å². The largest absolute Gasteiger partial charge is 0.493 e. The lowest BCUT2D eigenvalue weighted by atomic mass is 10.1. The molecule has 1 heterocycles. The van der Waals surface area contributed by atoms with Gasteiger partial charge in [0.1, 0.15) is 0 Å². The monoisotopic (exact) mass is 492 g/mol. The summed E-state index contributed by atoms with van der Waals surface area (Å²) in [5, 5.41) is -1.50. The van der Waals surface area contributed by atoms with E-state index in [-0.39, 0.29) is 6.61 Å². The lowest BCUT2D eigenvalue weighted by Crippen LogP contribution is -2.59. The highest BCUT2D eigenvalue weighted by atomic mass is 32.2. The van der Waals surface area contributed by atoms with E-state index in [0.717, 1.165) is 0 Å². The molecule has 1 aliphatic rings. The maximum absolute atomic E-state index is 12.0. The maximum atomic E-state index is 12.0. The Morgan fingerprint density at radius 3 is 1.53 bits per heavy atom. The van der Waals surface area contributed by atoms with E-state index < -0.39 is 65.4 Å². The van der Waals surface area contributed by atoms with Crippen molar-refractivity contribution in [1.29, 1.82) is 0 Å². The lowest BCUT2D eigenvalue weighted by Gasteiger charge is -2.48. The van der Waals surface area contributed by atoms with Crippen LogP contribution in [0, 0.1) is 0 Å². The molecule has 0 spiro atoms. The molecular formula is C21H36O9SSi. The van der Waals surface area contributed by atoms with Crippen molar-refractivity contribution in [2.45, 2.75) is 102 Å². The highest BCUT2D eigenvalue weighted by Gasteiger charge is 2.62. The van der Waals surface area contributed by atoms with E-state index in [2.05, 4.69) is 0 Å². The molecule has 0 aliphatic carbocycles. The minimum absolute atomic E-state index is 0.0339. The third-order valence-corrected chi connectivity index (χ3v) is 11.4. The molecule has 184 valence electrons. The zero-order valence-electron chi connectivity index (χ0n) is 20.6. The summed E-state index contributed by atoms with van der Waals surface area (Å²) in [6.07, 6.45) is -1.90. The molecule has 32 heavy (non-hydrogen) atoms. The van der Waals surface area contributed by atoms with E-state index in [1.165, 1.54) is 39.5 Å². The molecule has 0 aromatic heterocycles. The van der Waals surface area contributed by atoms with Crippen LogP contribution in [0.3, 0.4) is 0 Å². The fourth-order valence-electron chi connectivity index (χ4n) is 4.03. The van der Waals surface area contributed by atoms with Gasteiger partial charge in [0.25, 0.3) is 5.97 Å². The number of thioether (sulfide) groups is 1. The van der Waals surface area contributed by atoms with Crippen LogP contribution in [0.5, 0.6) is 0 Å².